The summed E-state index contributed by atoms with van der Waals surface area (Å²) in [5.41, 5.74) is 1.06. The van der Waals surface area contributed by atoms with Crippen LogP contribution in [0, 0.1) is 0 Å². The number of benzene rings is 1. The van der Waals surface area contributed by atoms with Gasteiger partial charge in [-0.1, -0.05) is 19.4 Å². The van der Waals surface area contributed by atoms with Gasteiger partial charge < -0.3 is 14.8 Å². The van der Waals surface area contributed by atoms with Crippen molar-refractivity contribution in [1.29, 1.82) is 0 Å². The van der Waals surface area contributed by atoms with Crippen LogP contribution in [0.25, 0.3) is 0 Å². The van der Waals surface area contributed by atoms with Crippen LogP contribution in [0.5, 0.6) is 11.5 Å². The largest absolute Gasteiger partial charge is 0.493 e. The molecule has 1 aromatic rings. The topological polar surface area (TPSA) is 47.6 Å². The zero-order valence-corrected chi connectivity index (χ0v) is 13.6. The molecule has 0 bridgehead atoms. The third-order valence-corrected chi connectivity index (χ3v) is 4.69. The first-order valence-corrected chi connectivity index (χ1v) is 8.39. The Labute approximate surface area is 124 Å². The van der Waals surface area contributed by atoms with Crippen LogP contribution in [0.2, 0.25) is 0 Å². The van der Waals surface area contributed by atoms with Crippen LogP contribution in [0.15, 0.2) is 18.2 Å². The Morgan fingerprint density at radius 2 is 1.95 bits per heavy atom. The summed E-state index contributed by atoms with van der Waals surface area (Å²) in [4.78, 5) is 0. The van der Waals surface area contributed by atoms with Gasteiger partial charge in [-0.3, -0.25) is 4.21 Å². The summed E-state index contributed by atoms with van der Waals surface area (Å²) in [6, 6.07) is 5.87. The highest BCUT2D eigenvalue weighted by Crippen LogP contribution is 2.30. The molecule has 0 aliphatic heterocycles. The van der Waals surface area contributed by atoms with Crippen molar-refractivity contribution in [1.82, 2.24) is 5.32 Å². The van der Waals surface area contributed by atoms with Crippen LogP contribution in [-0.4, -0.2) is 37.0 Å². The van der Waals surface area contributed by atoms with Gasteiger partial charge in [0.05, 0.1) is 14.2 Å². The molecule has 1 rings (SSSR count). The van der Waals surface area contributed by atoms with E-state index in [1.54, 1.807) is 14.2 Å². The fourth-order valence-corrected chi connectivity index (χ4v) is 3.50. The SMILES string of the molecule is CCCCS(=O)CC(NC)c1ccc(OC)c(OC)c1. The minimum atomic E-state index is -0.801. The third-order valence-electron chi connectivity index (χ3n) is 3.24. The maximum atomic E-state index is 12.0. The standard InChI is InChI=1S/C15H25NO3S/c1-5-6-9-20(17)11-13(16-2)12-7-8-14(18-3)15(10-12)19-4/h7-8,10,13,16H,5-6,9,11H2,1-4H3. The van der Waals surface area contributed by atoms with Crippen LogP contribution < -0.4 is 14.8 Å². The van der Waals surface area contributed by atoms with Crippen LogP contribution in [0.1, 0.15) is 31.4 Å². The van der Waals surface area contributed by atoms with Crippen molar-refractivity contribution in [3.63, 3.8) is 0 Å². The second-order valence-corrected chi connectivity index (χ2v) is 6.24. The number of nitrogens with one attached hydrogen (secondary N) is 1. The van der Waals surface area contributed by atoms with Crippen molar-refractivity contribution in [2.75, 3.05) is 32.8 Å². The Balaban J connectivity index is 2.81. The molecule has 0 saturated carbocycles. The highest BCUT2D eigenvalue weighted by Gasteiger charge is 2.15. The zero-order valence-electron chi connectivity index (χ0n) is 12.8. The molecule has 114 valence electrons. The Bertz CT molecular complexity index is 437. The van der Waals surface area contributed by atoms with Crippen LogP contribution >= 0.6 is 0 Å². The highest BCUT2D eigenvalue weighted by molar-refractivity contribution is 7.85. The molecular formula is C15H25NO3S. The second kappa shape index (κ2) is 8.97. The number of rotatable bonds is 9. The number of ether oxygens (including phenoxy) is 2. The van der Waals surface area contributed by atoms with E-state index in [4.69, 9.17) is 9.47 Å². The molecular weight excluding hydrogens is 274 g/mol. The number of unbranched alkanes of at least 4 members (excludes halogenated alkanes) is 1. The predicted octanol–water partition coefficient (Wildman–Crippen LogP) is 2.51. The van der Waals surface area contributed by atoms with E-state index < -0.39 is 10.8 Å². The molecule has 0 radical (unpaired) electrons. The fraction of sp³-hybridized carbons (Fsp3) is 0.600. The maximum Gasteiger partial charge on any atom is 0.161 e. The lowest BCUT2D eigenvalue weighted by atomic mass is 10.1. The van der Waals surface area contributed by atoms with E-state index in [0.717, 1.165) is 24.2 Å². The van der Waals surface area contributed by atoms with Gasteiger partial charge in [0.25, 0.3) is 0 Å². The molecule has 0 amide bonds. The van der Waals surface area contributed by atoms with E-state index in [9.17, 15) is 4.21 Å². The molecule has 2 atom stereocenters. The van der Waals surface area contributed by atoms with Crippen LogP contribution in [0.3, 0.4) is 0 Å². The molecule has 4 nitrogen and oxygen atoms in total. The summed E-state index contributed by atoms with van der Waals surface area (Å²) < 4.78 is 22.6. The summed E-state index contributed by atoms with van der Waals surface area (Å²) in [5, 5.41) is 3.23. The second-order valence-electron chi connectivity index (χ2n) is 4.62. The van der Waals surface area contributed by atoms with E-state index in [0.29, 0.717) is 17.3 Å². The monoisotopic (exact) mass is 299 g/mol. The summed E-state index contributed by atoms with van der Waals surface area (Å²) in [5.74, 6) is 2.79. The van der Waals surface area contributed by atoms with Crippen molar-refractivity contribution in [3.05, 3.63) is 23.8 Å². The maximum absolute atomic E-state index is 12.0. The molecule has 0 spiro atoms. The van der Waals surface area contributed by atoms with Gasteiger partial charge in [-0.25, -0.2) is 0 Å². The summed E-state index contributed by atoms with van der Waals surface area (Å²) in [6.45, 7) is 2.11. The van der Waals surface area contributed by atoms with Gasteiger partial charge in [-0.15, -0.1) is 0 Å². The van der Waals surface area contributed by atoms with Crippen molar-refractivity contribution in [2.45, 2.75) is 25.8 Å². The minimum Gasteiger partial charge on any atom is -0.493 e. The van der Waals surface area contributed by atoms with E-state index in [2.05, 4.69) is 12.2 Å². The molecule has 0 aliphatic rings. The minimum absolute atomic E-state index is 0.0625. The fourth-order valence-electron chi connectivity index (χ4n) is 1.99. The lowest BCUT2D eigenvalue weighted by Gasteiger charge is -2.18. The molecule has 0 heterocycles. The van der Waals surface area contributed by atoms with Gasteiger partial charge in [0.1, 0.15) is 0 Å². The van der Waals surface area contributed by atoms with Crippen molar-refractivity contribution >= 4 is 10.8 Å². The van der Waals surface area contributed by atoms with Crippen molar-refractivity contribution in [3.8, 4) is 11.5 Å². The molecule has 0 aliphatic carbocycles. The Morgan fingerprint density at radius 1 is 1.25 bits per heavy atom. The van der Waals surface area contributed by atoms with Crippen molar-refractivity contribution in [2.24, 2.45) is 0 Å². The molecule has 1 aromatic carbocycles. The normalized spacial score (nSPS) is 13.8. The number of hydrogen-bond acceptors (Lipinski definition) is 4. The first-order valence-electron chi connectivity index (χ1n) is 6.90. The molecule has 1 N–H and O–H groups in total. The van der Waals surface area contributed by atoms with Gasteiger partial charge in [-0.05, 0) is 31.2 Å². The van der Waals surface area contributed by atoms with Gasteiger partial charge in [0.2, 0.25) is 0 Å². The molecule has 5 heteroatoms. The zero-order chi connectivity index (χ0) is 15.0. The van der Waals surface area contributed by atoms with Crippen LogP contribution in [0.4, 0.5) is 0 Å². The number of hydrogen-bond donors (Lipinski definition) is 1. The Kier molecular flexibility index (Phi) is 7.62. The summed E-state index contributed by atoms with van der Waals surface area (Å²) >= 11 is 0. The lowest BCUT2D eigenvalue weighted by molar-refractivity contribution is 0.354. The smallest absolute Gasteiger partial charge is 0.161 e. The molecule has 0 aromatic heterocycles. The first-order chi connectivity index (χ1) is 9.65. The predicted molar refractivity (Wildman–Crippen MR) is 84.1 cm³/mol. The lowest BCUT2D eigenvalue weighted by Crippen LogP contribution is -2.23. The van der Waals surface area contributed by atoms with Gasteiger partial charge in [0, 0.05) is 28.3 Å². The van der Waals surface area contributed by atoms with E-state index in [-0.39, 0.29) is 6.04 Å². The average molecular weight is 299 g/mol. The molecule has 20 heavy (non-hydrogen) atoms. The molecule has 2 unspecified atom stereocenters. The molecule has 0 saturated heterocycles. The first kappa shape index (κ1) is 17.0. The molecule has 0 fully saturated rings. The van der Waals surface area contributed by atoms with Crippen LogP contribution in [-0.2, 0) is 10.8 Å². The average Bonchev–Trinajstić information content (AvgIpc) is 2.49. The summed E-state index contributed by atoms with van der Waals surface area (Å²) in [6.07, 6.45) is 2.08. The third kappa shape index (κ3) is 4.80. The van der Waals surface area contributed by atoms with Gasteiger partial charge >= 0.3 is 0 Å². The Hall–Kier alpha value is -1.07. The highest BCUT2D eigenvalue weighted by atomic mass is 32.2. The van der Waals surface area contributed by atoms with Gasteiger partial charge in [-0.2, -0.15) is 0 Å². The van der Waals surface area contributed by atoms with E-state index in [1.807, 2.05) is 25.2 Å². The quantitative estimate of drug-likeness (QED) is 0.761. The Morgan fingerprint density at radius 3 is 2.50 bits per heavy atom. The van der Waals surface area contributed by atoms with E-state index >= 15 is 0 Å². The van der Waals surface area contributed by atoms with Crippen molar-refractivity contribution < 1.29 is 13.7 Å². The number of methoxy groups -OCH3 is 2. The van der Waals surface area contributed by atoms with Gasteiger partial charge in [0.15, 0.2) is 11.5 Å². The van der Waals surface area contributed by atoms with E-state index in [1.165, 1.54) is 0 Å². The summed E-state index contributed by atoms with van der Waals surface area (Å²) in [7, 11) is 4.33.